The minimum absolute atomic E-state index is 0.00468. The van der Waals surface area contributed by atoms with E-state index in [2.05, 4.69) is 6.92 Å². The Morgan fingerprint density at radius 3 is 2.61 bits per heavy atom. The van der Waals surface area contributed by atoms with E-state index in [1.807, 2.05) is 0 Å². The van der Waals surface area contributed by atoms with E-state index in [1.54, 1.807) is 4.90 Å². The summed E-state index contributed by atoms with van der Waals surface area (Å²) < 4.78 is 5.05. The minimum atomic E-state index is -1.13. The number of carbonyl (C=O) groups is 2. The van der Waals surface area contributed by atoms with E-state index in [-0.39, 0.29) is 18.4 Å². The summed E-state index contributed by atoms with van der Waals surface area (Å²) in [6.07, 6.45) is 3.00. The molecule has 2 aliphatic rings. The molecule has 1 unspecified atom stereocenters. The number of hydrogen-bond acceptors (Lipinski definition) is 3. The summed E-state index contributed by atoms with van der Waals surface area (Å²) in [6, 6.07) is 0. The third-order valence-electron chi connectivity index (χ3n) is 4.26. The van der Waals surface area contributed by atoms with Crippen LogP contribution in [0.5, 0.6) is 0 Å². The fourth-order valence-electron chi connectivity index (χ4n) is 3.20. The SMILES string of the molecule is COCC1(C(=O)O)CCCN1C(=O)C1CC(C)C1. The summed E-state index contributed by atoms with van der Waals surface area (Å²) >= 11 is 0. The molecule has 0 spiro atoms. The van der Waals surface area contributed by atoms with Crippen molar-refractivity contribution in [3.63, 3.8) is 0 Å². The molecular weight excluding hydrogens is 234 g/mol. The van der Waals surface area contributed by atoms with Crippen LogP contribution in [0.3, 0.4) is 0 Å². The lowest BCUT2D eigenvalue weighted by molar-refractivity contribution is -0.163. The number of aliphatic carboxylic acids is 1. The molecule has 102 valence electrons. The Bertz CT molecular complexity index is 351. The van der Waals surface area contributed by atoms with Crippen molar-refractivity contribution in [1.82, 2.24) is 4.90 Å². The largest absolute Gasteiger partial charge is 0.479 e. The first-order chi connectivity index (χ1) is 8.51. The van der Waals surface area contributed by atoms with Crippen molar-refractivity contribution in [3.8, 4) is 0 Å². The van der Waals surface area contributed by atoms with Gasteiger partial charge in [0.25, 0.3) is 0 Å². The van der Waals surface area contributed by atoms with Gasteiger partial charge in [0.15, 0.2) is 5.54 Å². The van der Waals surface area contributed by atoms with Crippen LogP contribution in [0, 0.1) is 11.8 Å². The molecule has 0 aromatic carbocycles. The summed E-state index contributed by atoms with van der Waals surface area (Å²) in [5.74, 6) is -0.329. The van der Waals surface area contributed by atoms with Crippen LogP contribution in [0.15, 0.2) is 0 Å². The normalized spacial score (nSPS) is 35.3. The second kappa shape index (κ2) is 4.88. The van der Waals surface area contributed by atoms with Crippen LogP contribution >= 0.6 is 0 Å². The lowest BCUT2D eigenvalue weighted by Crippen LogP contribution is -2.58. The van der Waals surface area contributed by atoms with E-state index in [4.69, 9.17) is 4.74 Å². The van der Waals surface area contributed by atoms with Gasteiger partial charge >= 0.3 is 5.97 Å². The molecule has 18 heavy (non-hydrogen) atoms. The van der Waals surface area contributed by atoms with Crippen molar-refractivity contribution in [3.05, 3.63) is 0 Å². The predicted molar refractivity (Wildman–Crippen MR) is 65.1 cm³/mol. The number of amides is 1. The van der Waals surface area contributed by atoms with Gasteiger partial charge in [-0.05, 0) is 31.6 Å². The maximum Gasteiger partial charge on any atom is 0.332 e. The number of ether oxygens (including phenoxy) is 1. The van der Waals surface area contributed by atoms with E-state index in [0.29, 0.717) is 18.9 Å². The van der Waals surface area contributed by atoms with E-state index in [1.165, 1.54) is 7.11 Å². The summed E-state index contributed by atoms with van der Waals surface area (Å²) in [6.45, 7) is 2.74. The van der Waals surface area contributed by atoms with Gasteiger partial charge in [0.1, 0.15) is 0 Å². The van der Waals surface area contributed by atoms with Crippen LogP contribution in [-0.4, -0.2) is 47.7 Å². The molecule has 0 aromatic heterocycles. The number of carbonyl (C=O) groups excluding carboxylic acids is 1. The molecule has 2 fully saturated rings. The monoisotopic (exact) mass is 255 g/mol. The van der Waals surface area contributed by atoms with Crippen molar-refractivity contribution in [2.45, 2.75) is 38.1 Å². The summed E-state index contributed by atoms with van der Waals surface area (Å²) in [5, 5.41) is 9.46. The molecule has 1 saturated heterocycles. The Hall–Kier alpha value is -1.10. The number of hydrogen-bond donors (Lipinski definition) is 1. The molecule has 0 aromatic rings. The highest BCUT2D eigenvalue weighted by atomic mass is 16.5. The quantitative estimate of drug-likeness (QED) is 0.817. The molecule has 0 radical (unpaired) electrons. The van der Waals surface area contributed by atoms with Crippen LogP contribution < -0.4 is 0 Å². The van der Waals surface area contributed by atoms with Crippen molar-refractivity contribution in [2.24, 2.45) is 11.8 Å². The van der Waals surface area contributed by atoms with E-state index in [0.717, 1.165) is 19.3 Å². The van der Waals surface area contributed by atoms with Gasteiger partial charge in [-0.2, -0.15) is 0 Å². The Labute approximate surface area is 107 Å². The summed E-state index contributed by atoms with van der Waals surface area (Å²) in [4.78, 5) is 25.5. The Balaban J connectivity index is 2.14. The highest BCUT2D eigenvalue weighted by molar-refractivity contribution is 5.89. The lowest BCUT2D eigenvalue weighted by atomic mass is 9.75. The molecule has 1 amide bonds. The standard InChI is InChI=1S/C13H21NO4/c1-9-6-10(7-9)11(15)14-5-3-4-13(14,8-18-2)12(16)17/h9-10H,3-8H2,1-2H3,(H,16,17). The van der Waals surface area contributed by atoms with E-state index < -0.39 is 11.5 Å². The van der Waals surface area contributed by atoms with Gasteiger partial charge in [0, 0.05) is 19.6 Å². The molecule has 1 atom stereocenters. The minimum Gasteiger partial charge on any atom is -0.479 e. The highest BCUT2D eigenvalue weighted by Crippen LogP contribution is 2.39. The fourth-order valence-corrected chi connectivity index (χ4v) is 3.20. The zero-order valence-electron chi connectivity index (χ0n) is 11.0. The van der Waals surface area contributed by atoms with E-state index >= 15 is 0 Å². The van der Waals surface area contributed by atoms with Crippen LogP contribution in [0.2, 0.25) is 0 Å². The molecule has 1 N–H and O–H groups in total. The molecule has 1 aliphatic carbocycles. The van der Waals surface area contributed by atoms with Crippen LogP contribution in [0.1, 0.15) is 32.6 Å². The zero-order chi connectivity index (χ0) is 13.3. The molecule has 5 nitrogen and oxygen atoms in total. The molecule has 1 saturated carbocycles. The number of nitrogens with zero attached hydrogens (tertiary/aromatic N) is 1. The first kappa shape index (κ1) is 13.3. The topological polar surface area (TPSA) is 66.8 Å². The first-order valence-electron chi connectivity index (χ1n) is 6.55. The number of carboxylic acid groups (broad SMARTS) is 1. The molecule has 1 heterocycles. The smallest absolute Gasteiger partial charge is 0.332 e. The lowest BCUT2D eigenvalue weighted by Gasteiger charge is -2.40. The van der Waals surface area contributed by atoms with Crippen molar-refractivity contribution >= 4 is 11.9 Å². The first-order valence-corrected chi connectivity index (χ1v) is 6.55. The number of rotatable bonds is 4. The van der Waals surface area contributed by atoms with Gasteiger partial charge in [0.05, 0.1) is 6.61 Å². The molecule has 5 heteroatoms. The van der Waals surface area contributed by atoms with Gasteiger partial charge in [0.2, 0.25) is 5.91 Å². The van der Waals surface area contributed by atoms with Crippen LogP contribution in [0.4, 0.5) is 0 Å². The Morgan fingerprint density at radius 1 is 1.44 bits per heavy atom. The molecule has 0 bridgehead atoms. The van der Waals surface area contributed by atoms with Gasteiger partial charge in [-0.15, -0.1) is 0 Å². The highest BCUT2D eigenvalue weighted by Gasteiger charge is 2.52. The van der Waals surface area contributed by atoms with E-state index in [9.17, 15) is 14.7 Å². The maximum absolute atomic E-state index is 12.4. The summed E-state index contributed by atoms with van der Waals surface area (Å²) in [7, 11) is 1.48. The van der Waals surface area contributed by atoms with Gasteiger partial charge in [-0.1, -0.05) is 6.92 Å². The third-order valence-corrected chi connectivity index (χ3v) is 4.26. The Kier molecular flexibility index (Phi) is 3.61. The second-order valence-electron chi connectivity index (χ2n) is 5.64. The van der Waals surface area contributed by atoms with Crippen LogP contribution in [-0.2, 0) is 14.3 Å². The molecular formula is C13H21NO4. The van der Waals surface area contributed by atoms with Crippen LogP contribution in [0.25, 0.3) is 0 Å². The Morgan fingerprint density at radius 2 is 2.11 bits per heavy atom. The van der Waals surface area contributed by atoms with Gasteiger partial charge < -0.3 is 14.7 Å². The van der Waals surface area contributed by atoms with Crippen molar-refractivity contribution in [1.29, 1.82) is 0 Å². The second-order valence-corrected chi connectivity index (χ2v) is 5.64. The summed E-state index contributed by atoms with van der Waals surface area (Å²) in [5.41, 5.74) is -1.13. The number of methoxy groups -OCH3 is 1. The fraction of sp³-hybridized carbons (Fsp3) is 0.846. The van der Waals surface area contributed by atoms with Gasteiger partial charge in [-0.25, -0.2) is 4.79 Å². The predicted octanol–water partition coefficient (Wildman–Crippen LogP) is 1.12. The third kappa shape index (κ3) is 2.00. The zero-order valence-corrected chi connectivity index (χ0v) is 11.0. The molecule has 2 rings (SSSR count). The average molecular weight is 255 g/mol. The molecule has 1 aliphatic heterocycles. The van der Waals surface area contributed by atoms with Crippen molar-refractivity contribution in [2.75, 3.05) is 20.3 Å². The van der Waals surface area contributed by atoms with Gasteiger partial charge in [-0.3, -0.25) is 4.79 Å². The maximum atomic E-state index is 12.4. The van der Waals surface area contributed by atoms with Crippen molar-refractivity contribution < 1.29 is 19.4 Å². The average Bonchev–Trinajstić information content (AvgIpc) is 2.69. The number of likely N-dealkylation sites (tertiary alicyclic amines) is 1. The number of carboxylic acids is 1.